The summed E-state index contributed by atoms with van der Waals surface area (Å²) in [6.07, 6.45) is 9.83. The Bertz CT molecular complexity index is 1250. The first kappa shape index (κ1) is 24.2. The number of carbonyl (C=O) groups excluding carboxylic acids is 2. The number of nitrogens with zero attached hydrogens (tertiary/aromatic N) is 4. The monoisotopic (exact) mass is 509 g/mol. The van der Waals surface area contributed by atoms with Gasteiger partial charge in [0.15, 0.2) is 16.6 Å². The Morgan fingerprint density at radius 2 is 2.08 bits per heavy atom. The number of thiazole rings is 1. The van der Waals surface area contributed by atoms with Crippen LogP contribution in [-0.4, -0.2) is 62.1 Å². The van der Waals surface area contributed by atoms with Gasteiger partial charge in [0.05, 0.1) is 6.10 Å². The highest BCUT2D eigenvalue weighted by molar-refractivity contribution is 7.15. The van der Waals surface area contributed by atoms with Gasteiger partial charge in [0, 0.05) is 42.3 Å². The number of hydrogen-bond donors (Lipinski definition) is 3. The number of pyridine rings is 1. The van der Waals surface area contributed by atoms with Crippen molar-refractivity contribution in [2.75, 3.05) is 23.7 Å². The zero-order chi connectivity index (χ0) is 25.1. The lowest BCUT2D eigenvalue weighted by Crippen LogP contribution is -2.44. The number of hydrogen-bond acceptors (Lipinski definition) is 8. The minimum Gasteiger partial charge on any atom is -0.489 e. The molecule has 3 N–H and O–H groups in total. The van der Waals surface area contributed by atoms with Crippen molar-refractivity contribution in [3.05, 3.63) is 36.0 Å². The second-order valence-corrected chi connectivity index (χ2v) is 10.7. The molecule has 0 aromatic carbocycles. The van der Waals surface area contributed by atoms with E-state index in [0.717, 1.165) is 61.1 Å². The van der Waals surface area contributed by atoms with Crippen LogP contribution >= 0.6 is 11.3 Å². The van der Waals surface area contributed by atoms with Gasteiger partial charge in [-0.15, -0.1) is 11.3 Å². The van der Waals surface area contributed by atoms with Gasteiger partial charge in [-0.3, -0.25) is 14.7 Å². The van der Waals surface area contributed by atoms with Crippen molar-refractivity contribution in [3.63, 3.8) is 0 Å². The third-order valence-electron chi connectivity index (χ3n) is 6.86. The SMILES string of the molecule is C=CC(=O)N1CCC[C@@H](Nc2n[nH]c3nccc(O[C@H]4CC[C@H](C(=O)Nc5ncc(C)s5)CC4)c23)C1. The van der Waals surface area contributed by atoms with Crippen LogP contribution in [0.25, 0.3) is 11.0 Å². The molecule has 4 heterocycles. The summed E-state index contributed by atoms with van der Waals surface area (Å²) in [7, 11) is 0. The lowest BCUT2D eigenvalue weighted by Gasteiger charge is -2.32. The molecule has 2 amide bonds. The van der Waals surface area contributed by atoms with E-state index in [2.05, 4.69) is 37.4 Å². The van der Waals surface area contributed by atoms with E-state index in [0.29, 0.717) is 23.1 Å². The molecule has 1 aliphatic heterocycles. The molecule has 36 heavy (non-hydrogen) atoms. The number of fused-ring (bicyclic) bond motifs is 1. The van der Waals surface area contributed by atoms with E-state index in [-0.39, 0.29) is 29.9 Å². The molecule has 3 aromatic rings. The third kappa shape index (κ3) is 5.35. The van der Waals surface area contributed by atoms with E-state index < -0.39 is 0 Å². The lowest BCUT2D eigenvalue weighted by atomic mass is 9.87. The molecule has 2 aliphatic rings. The smallest absolute Gasteiger partial charge is 0.246 e. The van der Waals surface area contributed by atoms with Gasteiger partial charge in [0.1, 0.15) is 11.1 Å². The zero-order valence-corrected chi connectivity index (χ0v) is 21.1. The van der Waals surface area contributed by atoms with Gasteiger partial charge < -0.3 is 20.3 Å². The van der Waals surface area contributed by atoms with Gasteiger partial charge in [-0.1, -0.05) is 6.58 Å². The van der Waals surface area contributed by atoms with Gasteiger partial charge in [0.2, 0.25) is 11.8 Å². The van der Waals surface area contributed by atoms with Crippen LogP contribution in [0.1, 0.15) is 43.4 Å². The molecule has 0 unspecified atom stereocenters. The molecule has 5 rings (SSSR count). The van der Waals surface area contributed by atoms with Gasteiger partial charge in [-0.2, -0.15) is 5.10 Å². The van der Waals surface area contributed by atoms with Crippen molar-refractivity contribution in [3.8, 4) is 5.75 Å². The highest BCUT2D eigenvalue weighted by atomic mass is 32.1. The number of rotatable bonds is 7. The fourth-order valence-electron chi connectivity index (χ4n) is 4.99. The highest BCUT2D eigenvalue weighted by Gasteiger charge is 2.29. The Morgan fingerprint density at radius 1 is 1.25 bits per heavy atom. The first-order chi connectivity index (χ1) is 17.5. The summed E-state index contributed by atoms with van der Waals surface area (Å²) in [5, 5.41) is 15.3. The largest absolute Gasteiger partial charge is 0.489 e. The average molecular weight is 510 g/mol. The van der Waals surface area contributed by atoms with Crippen molar-refractivity contribution in [1.82, 2.24) is 25.1 Å². The van der Waals surface area contributed by atoms with Crippen molar-refractivity contribution >= 4 is 45.1 Å². The van der Waals surface area contributed by atoms with Crippen LogP contribution in [0, 0.1) is 12.8 Å². The number of amides is 2. The number of piperidine rings is 1. The van der Waals surface area contributed by atoms with Gasteiger partial charge in [0.25, 0.3) is 0 Å². The fraction of sp³-hybridized carbons (Fsp3) is 0.480. The number of anilines is 2. The minimum absolute atomic E-state index is 0.0138. The first-order valence-corrected chi connectivity index (χ1v) is 13.2. The number of aromatic nitrogens is 4. The molecule has 10 nitrogen and oxygen atoms in total. The van der Waals surface area contributed by atoms with Crippen LogP contribution in [0.2, 0.25) is 0 Å². The van der Waals surface area contributed by atoms with Crippen LogP contribution in [0.3, 0.4) is 0 Å². The molecule has 0 radical (unpaired) electrons. The third-order valence-corrected chi connectivity index (χ3v) is 7.69. The number of H-pyrrole nitrogens is 1. The Kier molecular flexibility index (Phi) is 7.17. The summed E-state index contributed by atoms with van der Waals surface area (Å²) >= 11 is 1.49. The molecule has 1 saturated heterocycles. The number of ether oxygens (including phenoxy) is 1. The molecule has 1 atom stereocenters. The Morgan fingerprint density at radius 3 is 2.83 bits per heavy atom. The number of nitrogens with one attached hydrogen (secondary N) is 3. The summed E-state index contributed by atoms with van der Waals surface area (Å²) in [5.41, 5.74) is 0.650. The van der Waals surface area contributed by atoms with Crippen LogP contribution in [-0.2, 0) is 9.59 Å². The normalized spacial score (nSPS) is 22.2. The summed E-state index contributed by atoms with van der Waals surface area (Å²) in [6, 6.07) is 1.94. The molecule has 2 fully saturated rings. The molecule has 1 saturated carbocycles. The molecular weight excluding hydrogens is 478 g/mol. The summed E-state index contributed by atoms with van der Waals surface area (Å²) in [6.45, 7) is 6.91. The number of likely N-dealkylation sites (tertiary alicyclic amines) is 1. The Labute approximate surface area is 213 Å². The Balaban J connectivity index is 1.22. The van der Waals surface area contributed by atoms with E-state index >= 15 is 0 Å². The predicted octanol–water partition coefficient (Wildman–Crippen LogP) is 3.89. The van der Waals surface area contributed by atoms with Crippen LogP contribution in [0.15, 0.2) is 31.1 Å². The summed E-state index contributed by atoms with van der Waals surface area (Å²) < 4.78 is 6.42. The van der Waals surface area contributed by atoms with Crippen LogP contribution in [0.5, 0.6) is 5.75 Å². The molecule has 3 aromatic heterocycles. The van der Waals surface area contributed by atoms with Crippen molar-refractivity contribution in [2.45, 2.75) is 57.6 Å². The second kappa shape index (κ2) is 10.7. The molecule has 0 spiro atoms. The van der Waals surface area contributed by atoms with E-state index in [9.17, 15) is 9.59 Å². The quantitative estimate of drug-likeness (QED) is 0.413. The van der Waals surface area contributed by atoms with Gasteiger partial charge in [-0.05, 0) is 57.6 Å². The van der Waals surface area contributed by atoms with Crippen molar-refractivity contribution in [2.24, 2.45) is 5.92 Å². The summed E-state index contributed by atoms with van der Waals surface area (Å²) in [4.78, 5) is 36.2. The van der Waals surface area contributed by atoms with E-state index in [1.54, 1.807) is 12.4 Å². The fourth-order valence-corrected chi connectivity index (χ4v) is 5.65. The Hall–Kier alpha value is -3.47. The average Bonchev–Trinajstić information content (AvgIpc) is 3.50. The standard InChI is InChI=1S/C25H31N7O3S/c1-3-20(33)32-12-4-5-17(14-32)28-23-21-19(10-11-26-22(21)30-31-23)35-18-8-6-16(7-9-18)24(34)29-25-27-13-15(2)36-25/h3,10-11,13,16-18H,1,4-9,12,14H2,2H3,(H,27,29,34)(H2,26,28,30,31)/t16-,17-,18-/m1/s1. The molecule has 190 valence electrons. The minimum atomic E-state index is -0.0508. The van der Waals surface area contributed by atoms with Crippen LogP contribution < -0.4 is 15.4 Å². The maximum Gasteiger partial charge on any atom is 0.246 e. The van der Waals surface area contributed by atoms with Crippen molar-refractivity contribution < 1.29 is 14.3 Å². The van der Waals surface area contributed by atoms with Crippen LogP contribution in [0.4, 0.5) is 10.9 Å². The molecular formula is C25H31N7O3S. The van der Waals surface area contributed by atoms with E-state index in [1.807, 2.05) is 17.9 Å². The van der Waals surface area contributed by atoms with Gasteiger partial charge in [-0.25, -0.2) is 9.97 Å². The first-order valence-electron chi connectivity index (χ1n) is 12.4. The molecule has 0 bridgehead atoms. The maximum atomic E-state index is 12.7. The maximum absolute atomic E-state index is 12.7. The summed E-state index contributed by atoms with van der Waals surface area (Å²) in [5.74, 6) is 1.34. The molecule has 1 aliphatic carbocycles. The van der Waals surface area contributed by atoms with Gasteiger partial charge >= 0.3 is 0 Å². The van der Waals surface area contributed by atoms with Crippen molar-refractivity contribution in [1.29, 1.82) is 0 Å². The molecule has 11 heteroatoms. The van der Waals surface area contributed by atoms with E-state index in [4.69, 9.17) is 4.74 Å². The predicted molar refractivity (Wildman–Crippen MR) is 139 cm³/mol. The number of aryl methyl sites for hydroxylation is 1. The second-order valence-electron chi connectivity index (χ2n) is 9.43. The number of aromatic amines is 1. The highest BCUT2D eigenvalue weighted by Crippen LogP contribution is 2.34. The lowest BCUT2D eigenvalue weighted by molar-refractivity contribution is -0.127. The topological polar surface area (TPSA) is 125 Å². The zero-order valence-electron chi connectivity index (χ0n) is 20.3. The number of carbonyl (C=O) groups is 2. The van der Waals surface area contributed by atoms with E-state index in [1.165, 1.54) is 17.4 Å².